The van der Waals surface area contributed by atoms with Crippen LogP contribution in [0.5, 0.6) is 5.75 Å². The largest absolute Gasteiger partial charge is 0.496 e. The van der Waals surface area contributed by atoms with Gasteiger partial charge >= 0.3 is 0 Å². The van der Waals surface area contributed by atoms with Crippen LogP contribution in [0.25, 0.3) is 0 Å². The van der Waals surface area contributed by atoms with Crippen molar-refractivity contribution in [2.24, 2.45) is 0 Å². The van der Waals surface area contributed by atoms with Gasteiger partial charge in [0.1, 0.15) is 5.75 Å². The number of Topliss-reactive ketones (excluding diaryl/α,β-unsaturated/α-hetero) is 1. The summed E-state index contributed by atoms with van der Waals surface area (Å²) in [5.74, 6) is 0.281. The molecule has 0 bridgehead atoms. The van der Waals surface area contributed by atoms with E-state index >= 15 is 0 Å². The first-order valence-electron chi connectivity index (χ1n) is 7.64. The molecular formula is C19H20INO3. The average molecular weight is 437 g/mol. The highest BCUT2D eigenvalue weighted by molar-refractivity contribution is 14.1. The van der Waals surface area contributed by atoms with E-state index in [0.717, 1.165) is 20.4 Å². The van der Waals surface area contributed by atoms with E-state index in [-0.39, 0.29) is 24.5 Å². The minimum atomic E-state index is -0.167. The lowest BCUT2D eigenvalue weighted by molar-refractivity contribution is -0.116. The maximum absolute atomic E-state index is 12.4. The molecule has 1 N–H and O–H groups in total. The Morgan fingerprint density at radius 2 is 1.83 bits per heavy atom. The number of hydrogen-bond acceptors (Lipinski definition) is 3. The van der Waals surface area contributed by atoms with Gasteiger partial charge in [-0.2, -0.15) is 0 Å². The van der Waals surface area contributed by atoms with E-state index in [4.69, 9.17) is 4.74 Å². The second kappa shape index (κ2) is 8.28. The van der Waals surface area contributed by atoms with Gasteiger partial charge in [-0.3, -0.25) is 9.59 Å². The lowest BCUT2D eigenvalue weighted by atomic mass is 10.0. The van der Waals surface area contributed by atoms with Gasteiger partial charge in [-0.05, 0) is 72.3 Å². The number of anilines is 1. The molecule has 4 nitrogen and oxygen atoms in total. The predicted octanol–water partition coefficient (Wildman–Crippen LogP) is 4.52. The van der Waals surface area contributed by atoms with Gasteiger partial charge < -0.3 is 10.1 Å². The zero-order valence-electron chi connectivity index (χ0n) is 14.0. The van der Waals surface area contributed by atoms with E-state index in [1.54, 1.807) is 12.1 Å². The average Bonchev–Trinajstić information content (AvgIpc) is 2.55. The van der Waals surface area contributed by atoms with Gasteiger partial charge in [0.15, 0.2) is 5.78 Å². The zero-order chi connectivity index (χ0) is 17.7. The Labute approximate surface area is 155 Å². The molecule has 1 amide bonds. The number of rotatable bonds is 6. The molecule has 0 unspecified atom stereocenters. The van der Waals surface area contributed by atoms with Crippen molar-refractivity contribution in [3.8, 4) is 5.75 Å². The van der Waals surface area contributed by atoms with Gasteiger partial charge in [-0.15, -0.1) is 0 Å². The molecule has 24 heavy (non-hydrogen) atoms. The van der Waals surface area contributed by atoms with Crippen molar-refractivity contribution in [2.45, 2.75) is 26.7 Å². The van der Waals surface area contributed by atoms with Crippen LogP contribution >= 0.6 is 22.6 Å². The van der Waals surface area contributed by atoms with Crippen molar-refractivity contribution >= 4 is 40.0 Å². The smallest absolute Gasteiger partial charge is 0.224 e. The Morgan fingerprint density at radius 1 is 1.08 bits per heavy atom. The first-order valence-corrected chi connectivity index (χ1v) is 8.72. The Morgan fingerprint density at radius 3 is 2.50 bits per heavy atom. The maximum atomic E-state index is 12.4. The number of halogens is 1. The third-order valence-corrected chi connectivity index (χ3v) is 4.37. The number of methoxy groups -OCH3 is 1. The molecule has 0 aliphatic rings. The molecule has 126 valence electrons. The van der Waals surface area contributed by atoms with Crippen LogP contribution < -0.4 is 10.1 Å². The van der Waals surface area contributed by atoms with Gasteiger partial charge in [0.2, 0.25) is 5.91 Å². The first kappa shape index (κ1) is 18.4. The van der Waals surface area contributed by atoms with Crippen LogP contribution in [-0.4, -0.2) is 18.8 Å². The summed E-state index contributed by atoms with van der Waals surface area (Å²) in [6.45, 7) is 3.86. The number of nitrogens with one attached hydrogen (secondary N) is 1. The van der Waals surface area contributed by atoms with Crippen molar-refractivity contribution in [1.29, 1.82) is 0 Å². The van der Waals surface area contributed by atoms with Crippen molar-refractivity contribution in [3.05, 3.63) is 56.7 Å². The highest BCUT2D eigenvalue weighted by Gasteiger charge is 2.14. The second-order valence-corrected chi connectivity index (χ2v) is 6.88. The van der Waals surface area contributed by atoms with Crippen molar-refractivity contribution in [2.75, 3.05) is 12.4 Å². The van der Waals surface area contributed by atoms with Gasteiger partial charge in [-0.1, -0.05) is 11.6 Å². The molecule has 0 radical (unpaired) electrons. The van der Waals surface area contributed by atoms with Crippen LogP contribution in [0.1, 0.15) is 34.3 Å². The Kier molecular flexibility index (Phi) is 6.36. The highest BCUT2D eigenvalue weighted by atomic mass is 127. The minimum absolute atomic E-state index is 0.0926. The Balaban J connectivity index is 1.99. The molecule has 0 spiro atoms. The number of hydrogen-bond donors (Lipinski definition) is 1. The van der Waals surface area contributed by atoms with Crippen LogP contribution in [-0.2, 0) is 4.79 Å². The third-order valence-electron chi connectivity index (χ3n) is 3.70. The fourth-order valence-corrected chi connectivity index (χ4v) is 3.03. The molecule has 0 fully saturated rings. The Hall–Kier alpha value is -1.89. The normalized spacial score (nSPS) is 10.3. The minimum Gasteiger partial charge on any atom is -0.496 e. The predicted molar refractivity (Wildman–Crippen MR) is 104 cm³/mol. The standard InChI is InChI=1S/C19H20INO3/c1-12-4-8-18(24-3)15(10-12)17(22)7-9-19(23)21-16-6-5-14(20)11-13(16)2/h4-6,8,10-11H,7,9H2,1-3H3,(H,21,23). The summed E-state index contributed by atoms with van der Waals surface area (Å²) >= 11 is 2.23. The van der Waals surface area contributed by atoms with E-state index in [1.165, 1.54) is 7.11 Å². The molecule has 2 aromatic rings. The van der Waals surface area contributed by atoms with Crippen LogP contribution in [0, 0.1) is 17.4 Å². The number of carbonyl (C=O) groups excluding carboxylic acids is 2. The quantitative estimate of drug-likeness (QED) is 0.534. The SMILES string of the molecule is COc1ccc(C)cc1C(=O)CCC(=O)Nc1ccc(I)cc1C. The number of benzene rings is 2. The molecule has 0 aliphatic carbocycles. The van der Waals surface area contributed by atoms with Crippen molar-refractivity contribution in [1.82, 2.24) is 0 Å². The summed E-state index contributed by atoms with van der Waals surface area (Å²) in [6.07, 6.45) is 0.288. The van der Waals surface area contributed by atoms with E-state index in [1.807, 2.05) is 38.1 Å². The fourth-order valence-electron chi connectivity index (χ4n) is 2.38. The van der Waals surface area contributed by atoms with Crippen molar-refractivity contribution < 1.29 is 14.3 Å². The van der Waals surface area contributed by atoms with Gasteiger partial charge in [0.05, 0.1) is 12.7 Å². The molecule has 5 heteroatoms. The van der Waals surface area contributed by atoms with Crippen LogP contribution in [0.3, 0.4) is 0 Å². The maximum Gasteiger partial charge on any atom is 0.224 e. The summed E-state index contributed by atoms with van der Waals surface area (Å²) in [4.78, 5) is 24.5. The number of amides is 1. The molecule has 0 atom stereocenters. The number of ketones is 1. The van der Waals surface area contributed by atoms with Gasteiger partial charge in [0.25, 0.3) is 0 Å². The molecule has 0 saturated heterocycles. The van der Waals surface area contributed by atoms with E-state index in [0.29, 0.717) is 11.3 Å². The lowest BCUT2D eigenvalue weighted by Crippen LogP contribution is -2.14. The number of ether oxygens (including phenoxy) is 1. The van der Waals surface area contributed by atoms with Crippen LogP contribution in [0.4, 0.5) is 5.69 Å². The highest BCUT2D eigenvalue weighted by Crippen LogP contribution is 2.22. The molecule has 2 rings (SSSR count). The van der Waals surface area contributed by atoms with E-state index < -0.39 is 0 Å². The zero-order valence-corrected chi connectivity index (χ0v) is 16.1. The van der Waals surface area contributed by atoms with E-state index in [2.05, 4.69) is 27.9 Å². The van der Waals surface area contributed by atoms with Gasteiger partial charge in [-0.25, -0.2) is 0 Å². The van der Waals surface area contributed by atoms with E-state index in [9.17, 15) is 9.59 Å². The topological polar surface area (TPSA) is 55.4 Å². The van der Waals surface area contributed by atoms with Crippen LogP contribution in [0.15, 0.2) is 36.4 Å². The van der Waals surface area contributed by atoms with Gasteiger partial charge in [0, 0.05) is 22.1 Å². The van der Waals surface area contributed by atoms with Crippen molar-refractivity contribution in [3.63, 3.8) is 0 Å². The second-order valence-electron chi connectivity index (χ2n) is 5.63. The summed E-state index contributed by atoms with van der Waals surface area (Å²) in [5.41, 5.74) is 3.29. The number of carbonyl (C=O) groups is 2. The summed E-state index contributed by atoms with van der Waals surface area (Å²) in [7, 11) is 1.54. The van der Waals surface area contributed by atoms with Crippen LogP contribution in [0.2, 0.25) is 0 Å². The molecule has 0 aliphatic heterocycles. The first-order chi connectivity index (χ1) is 11.4. The lowest BCUT2D eigenvalue weighted by Gasteiger charge is -2.10. The number of aryl methyl sites for hydroxylation is 2. The fraction of sp³-hybridized carbons (Fsp3) is 0.263. The Bertz CT molecular complexity index is 771. The third kappa shape index (κ3) is 4.80. The molecule has 0 aromatic heterocycles. The molecule has 0 heterocycles. The summed E-state index contributed by atoms with van der Waals surface area (Å²) < 4.78 is 6.34. The molecule has 0 saturated carbocycles. The summed E-state index contributed by atoms with van der Waals surface area (Å²) in [6, 6.07) is 11.3. The molecular weight excluding hydrogens is 417 g/mol. The molecule has 2 aromatic carbocycles. The summed E-state index contributed by atoms with van der Waals surface area (Å²) in [5, 5.41) is 2.86. The monoisotopic (exact) mass is 437 g/mol.